The van der Waals surface area contributed by atoms with Gasteiger partial charge in [-0.2, -0.15) is 0 Å². The van der Waals surface area contributed by atoms with E-state index in [2.05, 4.69) is 40.2 Å². The minimum atomic E-state index is -0.180. The van der Waals surface area contributed by atoms with Crippen LogP contribution in [0.5, 0.6) is 0 Å². The molecule has 0 heterocycles. The first-order valence-electron chi connectivity index (χ1n) is 9.74. The molecule has 0 saturated heterocycles. The Balaban J connectivity index is 1.43. The number of allylic oxidation sites excluding steroid dienone is 1. The number of rotatable bonds is 4. The first-order chi connectivity index (χ1) is 12.2. The molecule has 0 amide bonds. The lowest BCUT2D eigenvalue weighted by Crippen LogP contribution is -2.29. The van der Waals surface area contributed by atoms with Crippen LogP contribution in [0.4, 0.5) is 0 Å². The highest BCUT2D eigenvalue weighted by Gasteiger charge is 2.32. The zero-order valence-corrected chi connectivity index (χ0v) is 16.7. The van der Waals surface area contributed by atoms with Crippen molar-refractivity contribution in [2.45, 2.75) is 70.3 Å². The molecule has 2 nitrogen and oxygen atoms in total. The van der Waals surface area contributed by atoms with Crippen molar-refractivity contribution >= 4 is 21.9 Å². The standard InChI is InChI=1S/C22H29BrO2/c1-2-3-22(24)25-21-14-10-19(11-15-21)17-6-4-16(5-7-17)18-8-12-20(23)13-9-18/h2-3,8-9,12-13,16-17,19,21H,4-7,10-11,14-15H2,1H3. The van der Waals surface area contributed by atoms with Gasteiger partial charge in [-0.25, -0.2) is 4.79 Å². The quantitative estimate of drug-likeness (QED) is 0.428. The highest BCUT2D eigenvalue weighted by Crippen LogP contribution is 2.43. The monoisotopic (exact) mass is 404 g/mol. The summed E-state index contributed by atoms with van der Waals surface area (Å²) in [6.07, 6.45) is 13.3. The van der Waals surface area contributed by atoms with Crippen LogP contribution in [0.1, 0.15) is 69.8 Å². The first-order valence-corrected chi connectivity index (χ1v) is 10.5. The maximum Gasteiger partial charge on any atom is 0.330 e. The van der Waals surface area contributed by atoms with E-state index in [0.717, 1.165) is 35.1 Å². The molecule has 0 atom stereocenters. The second-order valence-corrected chi connectivity index (χ2v) is 8.55. The van der Waals surface area contributed by atoms with Crippen LogP contribution in [-0.2, 0) is 9.53 Å². The van der Waals surface area contributed by atoms with Crippen molar-refractivity contribution in [1.29, 1.82) is 0 Å². The molecule has 3 heteroatoms. The summed E-state index contributed by atoms with van der Waals surface area (Å²) in [4.78, 5) is 11.6. The van der Waals surface area contributed by atoms with E-state index in [0.29, 0.717) is 0 Å². The highest BCUT2D eigenvalue weighted by atomic mass is 79.9. The van der Waals surface area contributed by atoms with Gasteiger partial charge in [-0.3, -0.25) is 0 Å². The predicted octanol–water partition coefficient (Wildman–Crippen LogP) is 6.40. The van der Waals surface area contributed by atoms with Crippen LogP contribution >= 0.6 is 15.9 Å². The van der Waals surface area contributed by atoms with Gasteiger partial charge in [0.15, 0.2) is 0 Å². The lowest BCUT2D eigenvalue weighted by atomic mass is 9.69. The Labute approximate surface area is 160 Å². The van der Waals surface area contributed by atoms with E-state index in [4.69, 9.17) is 4.74 Å². The molecule has 0 spiro atoms. The van der Waals surface area contributed by atoms with Crippen LogP contribution < -0.4 is 0 Å². The molecule has 0 radical (unpaired) electrons. The Bertz CT molecular complexity index is 577. The van der Waals surface area contributed by atoms with Gasteiger partial charge in [0.2, 0.25) is 0 Å². The van der Waals surface area contributed by atoms with Gasteiger partial charge in [-0.1, -0.05) is 34.1 Å². The van der Waals surface area contributed by atoms with Crippen LogP contribution in [0.25, 0.3) is 0 Å². The number of hydrogen-bond acceptors (Lipinski definition) is 2. The van der Waals surface area contributed by atoms with Gasteiger partial charge in [0.1, 0.15) is 6.10 Å². The fourth-order valence-corrected chi connectivity index (χ4v) is 4.94. The highest BCUT2D eigenvalue weighted by molar-refractivity contribution is 9.10. The lowest BCUT2D eigenvalue weighted by Gasteiger charge is -2.37. The maximum absolute atomic E-state index is 11.6. The van der Waals surface area contributed by atoms with Crippen LogP contribution in [0.15, 0.2) is 40.9 Å². The molecule has 0 N–H and O–H groups in total. The zero-order valence-electron chi connectivity index (χ0n) is 15.1. The number of carbonyl (C=O) groups excluding carboxylic acids is 1. The molecule has 0 bridgehead atoms. The summed E-state index contributed by atoms with van der Waals surface area (Å²) in [5.41, 5.74) is 1.50. The second-order valence-electron chi connectivity index (χ2n) is 7.64. The molecule has 3 rings (SSSR count). The molecule has 0 unspecified atom stereocenters. The minimum Gasteiger partial charge on any atom is -0.459 e. The molecule has 2 aliphatic carbocycles. The average Bonchev–Trinajstić information content (AvgIpc) is 2.63. The second kappa shape index (κ2) is 9.02. The van der Waals surface area contributed by atoms with Crippen LogP contribution in [0.2, 0.25) is 0 Å². The minimum absolute atomic E-state index is 0.138. The molecule has 1 aromatic carbocycles. The van der Waals surface area contributed by atoms with E-state index >= 15 is 0 Å². The molecule has 136 valence electrons. The summed E-state index contributed by atoms with van der Waals surface area (Å²) in [6, 6.07) is 8.88. The number of ether oxygens (including phenoxy) is 1. The van der Waals surface area contributed by atoms with Gasteiger partial charge < -0.3 is 4.74 Å². The first kappa shape index (κ1) is 18.7. The smallest absolute Gasteiger partial charge is 0.330 e. The summed E-state index contributed by atoms with van der Waals surface area (Å²) in [7, 11) is 0. The molecule has 2 aliphatic rings. The summed E-state index contributed by atoms with van der Waals surface area (Å²) in [5, 5.41) is 0. The van der Waals surface area contributed by atoms with Gasteiger partial charge in [0, 0.05) is 10.5 Å². The number of esters is 1. The Kier molecular flexibility index (Phi) is 6.75. The number of halogens is 1. The van der Waals surface area contributed by atoms with Gasteiger partial charge in [0.25, 0.3) is 0 Å². The number of hydrogen-bond donors (Lipinski definition) is 0. The Morgan fingerprint density at radius 1 is 0.960 bits per heavy atom. The number of benzene rings is 1. The van der Waals surface area contributed by atoms with Gasteiger partial charge in [-0.05, 0) is 93.7 Å². The largest absolute Gasteiger partial charge is 0.459 e. The van der Waals surface area contributed by atoms with E-state index < -0.39 is 0 Å². The van der Waals surface area contributed by atoms with E-state index in [1.54, 1.807) is 6.08 Å². The molecular formula is C22H29BrO2. The van der Waals surface area contributed by atoms with Crippen molar-refractivity contribution in [3.05, 3.63) is 46.5 Å². The summed E-state index contributed by atoms with van der Waals surface area (Å²) < 4.78 is 6.69. The van der Waals surface area contributed by atoms with Crippen molar-refractivity contribution in [3.8, 4) is 0 Å². The van der Waals surface area contributed by atoms with E-state index in [9.17, 15) is 4.79 Å². The fourth-order valence-electron chi connectivity index (χ4n) is 4.68. The van der Waals surface area contributed by atoms with Crippen LogP contribution in [0, 0.1) is 11.8 Å². The topological polar surface area (TPSA) is 26.3 Å². The molecule has 2 saturated carbocycles. The lowest BCUT2D eigenvalue weighted by molar-refractivity contribution is -0.145. The SMILES string of the molecule is CC=CC(=O)OC1CCC(C2CCC(c3ccc(Br)cc3)CC2)CC1. The maximum atomic E-state index is 11.6. The third kappa shape index (κ3) is 5.20. The normalized spacial score (nSPS) is 30.3. The molecule has 2 fully saturated rings. The summed E-state index contributed by atoms with van der Waals surface area (Å²) in [6.45, 7) is 1.85. The van der Waals surface area contributed by atoms with Crippen LogP contribution in [0.3, 0.4) is 0 Å². The Morgan fingerprint density at radius 3 is 2.08 bits per heavy atom. The molecule has 1 aromatic rings. The molecule has 0 aromatic heterocycles. The third-order valence-corrected chi connectivity index (χ3v) is 6.61. The Morgan fingerprint density at radius 2 is 1.52 bits per heavy atom. The Hall–Kier alpha value is -1.09. The fraction of sp³-hybridized carbons (Fsp3) is 0.591. The average molecular weight is 405 g/mol. The molecule has 0 aliphatic heterocycles. The summed E-state index contributed by atoms with van der Waals surface area (Å²) >= 11 is 3.52. The van der Waals surface area contributed by atoms with E-state index in [1.807, 2.05) is 6.92 Å². The molecule has 25 heavy (non-hydrogen) atoms. The van der Waals surface area contributed by atoms with Crippen molar-refractivity contribution in [2.75, 3.05) is 0 Å². The van der Waals surface area contributed by atoms with Gasteiger partial charge in [0.05, 0.1) is 0 Å². The number of carbonyl (C=O) groups is 1. The van der Waals surface area contributed by atoms with E-state index in [-0.39, 0.29) is 12.1 Å². The third-order valence-electron chi connectivity index (χ3n) is 6.08. The van der Waals surface area contributed by atoms with Crippen molar-refractivity contribution in [1.82, 2.24) is 0 Å². The van der Waals surface area contributed by atoms with Crippen molar-refractivity contribution in [3.63, 3.8) is 0 Å². The molecular weight excluding hydrogens is 376 g/mol. The van der Waals surface area contributed by atoms with Crippen molar-refractivity contribution < 1.29 is 9.53 Å². The van der Waals surface area contributed by atoms with Crippen LogP contribution in [-0.4, -0.2) is 12.1 Å². The van der Waals surface area contributed by atoms with Gasteiger partial charge in [-0.15, -0.1) is 0 Å². The van der Waals surface area contributed by atoms with E-state index in [1.165, 1.54) is 50.2 Å². The summed E-state index contributed by atoms with van der Waals surface area (Å²) in [5.74, 6) is 2.27. The van der Waals surface area contributed by atoms with Gasteiger partial charge >= 0.3 is 5.97 Å². The zero-order chi connectivity index (χ0) is 17.6. The predicted molar refractivity (Wildman–Crippen MR) is 105 cm³/mol. The van der Waals surface area contributed by atoms with Crippen molar-refractivity contribution in [2.24, 2.45) is 11.8 Å².